The first kappa shape index (κ1) is 11.6. The minimum Gasteiger partial charge on any atom is -0.496 e. The van der Waals surface area contributed by atoms with Crippen LogP contribution in [0.25, 0.3) is 0 Å². The number of likely N-dealkylation sites (N-methyl/N-ethyl adjacent to an activating group) is 1. The van der Waals surface area contributed by atoms with E-state index in [1.165, 1.54) is 6.07 Å². The van der Waals surface area contributed by atoms with E-state index in [0.717, 1.165) is 16.7 Å². The average molecular weight is 286 g/mol. The third-order valence-electron chi connectivity index (χ3n) is 2.59. The van der Waals surface area contributed by atoms with Gasteiger partial charge in [0.05, 0.1) is 12.6 Å². The molecule has 1 aliphatic heterocycles. The molecule has 2 rings (SSSR count). The summed E-state index contributed by atoms with van der Waals surface area (Å²) in [5, 5.41) is 3.08. The first-order valence-electron chi connectivity index (χ1n) is 5.18. The first-order valence-corrected chi connectivity index (χ1v) is 5.97. The van der Waals surface area contributed by atoms with Gasteiger partial charge in [-0.05, 0) is 25.3 Å². The lowest BCUT2D eigenvalue weighted by atomic mass is 10.0. The highest BCUT2D eigenvalue weighted by Crippen LogP contribution is 2.32. The molecule has 86 valence electrons. The number of hydrogen-bond donors (Lipinski definition) is 1. The molecule has 4 heteroatoms. The Bertz CT molecular complexity index is 399. The van der Waals surface area contributed by atoms with Crippen molar-refractivity contribution in [3.63, 3.8) is 0 Å². The highest BCUT2D eigenvalue weighted by Gasteiger charge is 2.24. The average Bonchev–Trinajstić information content (AvgIpc) is 2.77. The zero-order valence-electron chi connectivity index (χ0n) is 8.97. The summed E-state index contributed by atoms with van der Waals surface area (Å²) < 4.78 is 20.0. The van der Waals surface area contributed by atoms with Gasteiger partial charge in [-0.25, -0.2) is 4.39 Å². The maximum atomic E-state index is 13.8. The molecular formula is C12H13BrFNO. The summed E-state index contributed by atoms with van der Waals surface area (Å²) in [4.78, 5) is 0. The molecule has 0 spiro atoms. The van der Waals surface area contributed by atoms with Crippen molar-refractivity contribution in [1.82, 2.24) is 5.32 Å². The number of ether oxygens (including phenoxy) is 1. The molecule has 1 aliphatic rings. The van der Waals surface area contributed by atoms with E-state index in [1.54, 1.807) is 13.1 Å². The van der Waals surface area contributed by atoms with Crippen molar-refractivity contribution < 1.29 is 9.13 Å². The van der Waals surface area contributed by atoms with Crippen molar-refractivity contribution in [2.75, 3.05) is 13.7 Å². The van der Waals surface area contributed by atoms with Crippen molar-refractivity contribution in [2.24, 2.45) is 0 Å². The molecular weight excluding hydrogens is 273 g/mol. The Morgan fingerprint density at radius 3 is 2.88 bits per heavy atom. The molecule has 2 nitrogen and oxygen atoms in total. The van der Waals surface area contributed by atoms with Gasteiger partial charge in [0.2, 0.25) is 0 Å². The number of benzene rings is 1. The van der Waals surface area contributed by atoms with Crippen LogP contribution in [0.4, 0.5) is 4.39 Å². The van der Waals surface area contributed by atoms with Crippen molar-refractivity contribution in [1.29, 1.82) is 0 Å². The number of hydrogen-bond acceptors (Lipinski definition) is 2. The van der Waals surface area contributed by atoms with Gasteiger partial charge in [0.1, 0.15) is 11.6 Å². The molecule has 0 amide bonds. The lowest BCUT2D eigenvalue weighted by Crippen LogP contribution is -2.20. The predicted octanol–water partition coefficient (Wildman–Crippen LogP) is 3.15. The van der Waals surface area contributed by atoms with Gasteiger partial charge in [-0.15, -0.1) is 0 Å². The van der Waals surface area contributed by atoms with E-state index >= 15 is 0 Å². The Morgan fingerprint density at radius 1 is 1.50 bits per heavy atom. The van der Waals surface area contributed by atoms with Gasteiger partial charge in [-0.3, -0.25) is 0 Å². The zero-order valence-corrected chi connectivity index (χ0v) is 10.6. The van der Waals surface area contributed by atoms with Crippen LogP contribution < -0.4 is 5.32 Å². The first-order chi connectivity index (χ1) is 7.74. The maximum Gasteiger partial charge on any atom is 0.129 e. The quantitative estimate of drug-likeness (QED) is 0.921. The fraction of sp³-hybridized carbons (Fsp3) is 0.333. The number of nitrogens with one attached hydrogen (secondary N) is 1. The van der Waals surface area contributed by atoms with Crippen LogP contribution in [0, 0.1) is 5.82 Å². The lowest BCUT2D eigenvalue weighted by Gasteiger charge is -2.19. The van der Waals surface area contributed by atoms with Crippen LogP contribution in [0.15, 0.2) is 34.5 Å². The van der Waals surface area contributed by atoms with Gasteiger partial charge in [0.25, 0.3) is 0 Å². The Morgan fingerprint density at radius 2 is 2.31 bits per heavy atom. The SMILES string of the molecule is CNC(C1=CCCO1)c1c(F)cccc1Br. The molecule has 0 aromatic heterocycles. The topological polar surface area (TPSA) is 21.3 Å². The monoisotopic (exact) mass is 285 g/mol. The molecule has 1 aromatic rings. The van der Waals surface area contributed by atoms with E-state index in [2.05, 4.69) is 21.2 Å². The smallest absolute Gasteiger partial charge is 0.129 e. The summed E-state index contributed by atoms with van der Waals surface area (Å²) in [7, 11) is 1.80. The Balaban J connectivity index is 2.40. The Kier molecular flexibility index (Phi) is 3.61. The van der Waals surface area contributed by atoms with Crippen LogP contribution in [0.5, 0.6) is 0 Å². The lowest BCUT2D eigenvalue weighted by molar-refractivity contribution is 0.216. The molecule has 0 saturated carbocycles. The van der Waals surface area contributed by atoms with Crippen LogP contribution in [-0.4, -0.2) is 13.7 Å². The highest BCUT2D eigenvalue weighted by atomic mass is 79.9. The second-order valence-corrected chi connectivity index (χ2v) is 4.45. The second kappa shape index (κ2) is 4.97. The standard InChI is InChI=1S/C12H13BrFNO/c1-15-12(10-6-3-7-16-10)11-8(13)4-2-5-9(11)14/h2,4-6,12,15H,3,7H2,1H3. The predicted molar refractivity (Wildman–Crippen MR) is 64.6 cm³/mol. The fourth-order valence-electron chi connectivity index (χ4n) is 1.85. The summed E-state index contributed by atoms with van der Waals surface area (Å²) in [5.74, 6) is 0.568. The summed E-state index contributed by atoms with van der Waals surface area (Å²) in [6, 6.07) is 4.75. The molecule has 0 saturated heterocycles. The van der Waals surface area contributed by atoms with E-state index < -0.39 is 0 Å². The number of halogens is 2. The highest BCUT2D eigenvalue weighted by molar-refractivity contribution is 9.10. The molecule has 0 fully saturated rings. The Labute approximate surface area is 103 Å². The van der Waals surface area contributed by atoms with Crippen molar-refractivity contribution in [3.8, 4) is 0 Å². The van der Waals surface area contributed by atoms with Gasteiger partial charge in [-0.2, -0.15) is 0 Å². The van der Waals surface area contributed by atoms with Crippen LogP contribution >= 0.6 is 15.9 Å². The van der Waals surface area contributed by atoms with E-state index in [9.17, 15) is 4.39 Å². The molecule has 1 unspecified atom stereocenters. The fourth-order valence-corrected chi connectivity index (χ4v) is 2.42. The van der Waals surface area contributed by atoms with Crippen LogP contribution in [-0.2, 0) is 4.74 Å². The molecule has 0 radical (unpaired) electrons. The normalized spacial score (nSPS) is 16.8. The zero-order chi connectivity index (χ0) is 11.5. The van der Waals surface area contributed by atoms with Crippen LogP contribution in [0.1, 0.15) is 18.0 Å². The van der Waals surface area contributed by atoms with Crippen molar-refractivity contribution >= 4 is 15.9 Å². The van der Waals surface area contributed by atoms with Crippen LogP contribution in [0.2, 0.25) is 0 Å². The minimum atomic E-state index is -0.231. The van der Waals surface area contributed by atoms with E-state index in [0.29, 0.717) is 12.2 Å². The maximum absolute atomic E-state index is 13.8. The molecule has 0 aliphatic carbocycles. The van der Waals surface area contributed by atoms with Gasteiger partial charge >= 0.3 is 0 Å². The van der Waals surface area contributed by atoms with E-state index in [4.69, 9.17) is 4.74 Å². The van der Waals surface area contributed by atoms with Gasteiger partial charge in [0.15, 0.2) is 0 Å². The summed E-state index contributed by atoms with van der Waals surface area (Å²) >= 11 is 3.37. The Hall–Kier alpha value is -0.870. The number of rotatable bonds is 3. The largest absolute Gasteiger partial charge is 0.496 e. The molecule has 1 atom stereocenters. The van der Waals surface area contributed by atoms with Crippen molar-refractivity contribution in [3.05, 3.63) is 45.9 Å². The summed E-state index contributed by atoms with van der Waals surface area (Å²) in [5.41, 5.74) is 0.596. The summed E-state index contributed by atoms with van der Waals surface area (Å²) in [6.45, 7) is 0.680. The van der Waals surface area contributed by atoms with E-state index in [1.807, 2.05) is 12.1 Å². The molecule has 1 heterocycles. The third kappa shape index (κ3) is 2.13. The van der Waals surface area contributed by atoms with Crippen molar-refractivity contribution in [2.45, 2.75) is 12.5 Å². The van der Waals surface area contributed by atoms with Gasteiger partial charge < -0.3 is 10.1 Å². The molecule has 16 heavy (non-hydrogen) atoms. The van der Waals surface area contributed by atoms with Crippen LogP contribution in [0.3, 0.4) is 0 Å². The summed E-state index contributed by atoms with van der Waals surface area (Å²) in [6.07, 6.45) is 2.89. The second-order valence-electron chi connectivity index (χ2n) is 3.60. The molecule has 1 aromatic carbocycles. The van der Waals surface area contributed by atoms with Gasteiger partial charge in [0, 0.05) is 16.5 Å². The molecule has 1 N–H and O–H groups in total. The minimum absolute atomic E-state index is 0.224. The van der Waals surface area contributed by atoms with E-state index in [-0.39, 0.29) is 11.9 Å². The van der Waals surface area contributed by atoms with Gasteiger partial charge in [-0.1, -0.05) is 22.0 Å². The molecule has 0 bridgehead atoms. The third-order valence-corrected chi connectivity index (χ3v) is 3.29.